The van der Waals surface area contributed by atoms with Crippen LogP contribution in [0.4, 0.5) is 0 Å². The third-order valence-electron chi connectivity index (χ3n) is 2.84. The van der Waals surface area contributed by atoms with Crippen LogP contribution in [0, 0.1) is 0 Å². The maximum absolute atomic E-state index is 12.0. The molecular weight excluding hydrogens is 266 g/mol. The van der Waals surface area contributed by atoms with Gasteiger partial charge >= 0.3 is 5.97 Å². The van der Waals surface area contributed by atoms with Gasteiger partial charge in [0.25, 0.3) is 0 Å². The third-order valence-corrected chi connectivity index (χ3v) is 3.66. The normalized spacial score (nSPS) is 16.4. The molecule has 1 aliphatic heterocycles. The molecular formula is C13H15NO4S. The van der Waals surface area contributed by atoms with Crippen LogP contribution in [-0.4, -0.2) is 48.2 Å². The second-order valence-electron chi connectivity index (χ2n) is 4.16. The standard InChI is InChI=1S/C13H15NO4S/c15-12(14-3-5-18-6-4-14)9-10(13(16)17)8-11-2-1-7-19-11/h1-2,7-8H,3-6,9H2,(H,16,17)/b10-8-. The SMILES string of the molecule is O=C(O)/C(=C\c1cccs1)CC(=O)N1CCOCC1. The summed E-state index contributed by atoms with van der Waals surface area (Å²) < 4.78 is 5.16. The largest absolute Gasteiger partial charge is 0.478 e. The van der Waals surface area contributed by atoms with Crippen LogP contribution in [0.15, 0.2) is 23.1 Å². The minimum absolute atomic E-state index is 0.0762. The number of carbonyl (C=O) groups excluding carboxylic acids is 1. The van der Waals surface area contributed by atoms with Crippen LogP contribution in [0.25, 0.3) is 6.08 Å². The Morgan fingerprint density at radius 3 is 2.74 bits per heavy atom. The highest BCUT2D eigenvalue weighted by molar-refractivity contribution is 7.10. The Morgan fingerprint density at radius 2 is 2.16 bits per heavy atom. The number of nitrogens with zero attached hydrogens (tertiary/aromatic N) is 1. The van der Waals surface area contributed by atoms with Gasteiger partial charge in [0.2, 0.25) is 5.91 Å². The lowest BCUT2D eigenvalue weighted by atomic mass is 10.1. The summed E-state index contributed by atoms with van der Waals surface area (Å²) in [6.07, 6.45) is 1.48. The van der Waals surface area contributed by atoms with E-state index in [2.05, 4.69) is 0 Å². The molecule has 0 saturated carbocycles. The summed E-state index contributed by atoms with van der Waals surface area (Å²) in [7, 11) is 0. The number of carboxylic acids is 1. The molecule has 0 spiro atoms. The molecule has 0 unspecified atom stereocenters. The minimum Gasteiger partial charge on any atom is -0.478 e. The molecule has 0 radical (unpaired) electrons. The molecule has 1 N–H and O–H groups in total. The number of thiophene rings is 1. The van der Waals surface area contributed by atoms with Crippen LogP contribution >= 0.6 is 11.3 Å². The van der Waals surface area contributed by atoms with E-state index in [1.54, 1.807) is 11.0 Å². The average molecular weight is 281 g/mol. The third kappa shape index (κ3) is 3.90. The molecule has 1 fully saturated rings. The molecule has 19 heavy (non-hydrogen) atoms. The Labute approximate surface area is 115 Å². The van der Waals surface area contributed by atoms with Gasteiger partial charge in [-0.15, -0.1) is 11.3 Å². The molecule has 2 heterocycles. The Hall–Kier alpha value is -1.66. The van der Waals surface area contributed by atoms with Crippen molar-refractivity contribution < 1.29 is 19.4 Å². The van der Waals surface area contributed by atoms with Crippen molar-refractivity contribution in [1.29, 1.82) is 0 Å². The second kappa shape index (κ2) is 6.49. The monoisotopic (exact) mass is 281 g/mol. The van der Waals surface area contributed by atoms with Gasteiger partial charge in [0.05, 0.1) is 19.6 Å². The zero-order chi connectivity index (χ0) is 13.7. The van der Waals surface area contributed by atoms with Crippen molar-refractivity contribution in [1.82, 2.24) is 4.90 Å². The quantitative estimate of drug-likeness (QED) is 0.849. The lowest BCUT2D eigenvalue weighted by Crippen LogP contribution is -2.41. The fraction of sp³-hybridized carbons (Fsp3) is 0.385. The van der Waals surface area contributed by atoms with Crippen molar-refractivity contribution in [2.75, 3.05) is 26.3 Å². The summed E-state index contributed by atoms with van der Waals surface area (Å²) in [5.41, 5.74) is 0.124. The van der Waals surface area contributed by atoms with E-state index >= 15 is 0 Å². The van der Waals surface area contributed by atoms with E-state index in [0.29, 0.717) is 26.3 Å². The molecule has 1 saturated heterocycles. The molecule has 0 aliphatic carbocycles. The van der Waals surface area contributed by atoms with Gasteiger partial charge in [-0.05, 0) is 17.5 Å². The van der Waals surface area contributed by atoms with Gasteiger partial charge in [0.15, 0.2) is 0 Å². The molecule has 1 aromatic rings. The first-order valence-corrected chi connectivity index (χ1v) is 6.87. The molecule has 0 aromatic carbocycles. The molecule has 1 amide bonds. The highest BCUT2D eigenvalue weighted by atomic mass is 32.1. The molecule has 0 bridgehead atoms. The maximum atomic E-state index is 12.0. The van der Waals surface area contributed by atoms with Crippen molar-refractivity contribution in [3.63, 3.8) is 0 Å². The topological polar surface area (TPSA) is 66.8 Å². The summed E-state index contributed by atoms with van der Waals surface area (Å²) in [5, 5.41) is 11.0. The van der Waals surface area contributed by atoms with Gasteiger partial charge in [-0.25, -0.2) is 4.79 Å². The van der Waals surface area contributed by atoms with E-state index in [1.807, 2.05) is 17.5 Å². The molecule has 5 nitrogen and oxygen atoms in total. The Morgan fingerprint density at radius 1 is 1.42 bits per heavy atom. The predicted octanol–water partition coefficient (Wildman–Crippen LogP) is 1.46. The van der Waals surface area contributed by atoms with Gasteiger partial charge in [0.1, 0.15) is 0 Å². The van der Waals surface area contributed by atoms with Crippen molar-refractivity contribution in [3.8, 4) is 0 Å². The second-order valence-corrected chi connectivity index (χ2v) is 5.14. The number of morpholine rings is 1. The highest BCUT2D eigenvalue weighted by Gasteiger charge is 2.20. The zero-order valence-corrected chi connectivity index (χ0v) is 11.2. The van der Waals surface area contributed by atoms with Gasteiger partial charge < -0.3 is 14.7 Å². The minimum atomic E-state index is -1.05. The number of hydrogen-bond acceptors (Lipinski definition) is 4. The first-order chi connectivity index (χ1) is 9.16. The Kier molecular flexibility index (Phi) is 4.70. The number of rotatable bonds is 4. The average Bonchev–Trinajstić information content (AvgIpc) is 2.91. The number of hydrogen-bond donors (Lipinski definition) is 1. The lowest BCUT2D eigenvalue weighted by Gasteiger charge is -2.26. The fourth-order valence-corrected chi connectivity index (χ4v) is 2.50. The Bertz CT molecular complexity index is 475. The maximum Gasteiger partial charge on any atom is 0.332 e. The van der Waals surface area contributed by atoms with Crippen LogP contribution < -0.4 is 0 Å². The number of carboxylic acid groups (broad SMARTS) is 1. The van der Waals surface area contributed by atoms with E-state index in [9.17, 15) is 9.59 Å². The summed E-state index contributed by atoms with van der Waals surface area (Å²) in [6, 6.07) is 3.67. The van der Waals surface area contributed by atoms with Crippen LogP contribution in [0.5, 0.6) is 0 Å². The van der Waals surface area contributed by atoms with E-state index in [4.69, 9.17) is 9.84 Å². The molecule has 0 atom stereocenters. The van der Waals surface area contributed by atoms with Crippen molar-refractivity contribution >= 4 is 29.3 Å². The van der Waals surface area contributed by atoms with E-state index in [1.165, 1.54) is 11.3 Å². The van der Waals surface area contributed by atoms with Crippen molar-refractivity contribution in [2.45, 2.75) is 6.42 Å². The van der Waals surface area contributed by atoms with E-state index in [0.717, 1.165) is 4.88 Å². The molecule has 102 valence electrons. The predicted molar refractivity (Wildman–Crippen MR) is 71.9 cm³/mol. The summed E-state index contributed by atoms with van der Waals surface area (Å²) >= 11 is 1.45. The number of amides is 1. The van der Waals surface area contributed by atoms with E-state index < -0.39 is 5.97 Å². The first-order valence-electron chi connectivity index (χ1n) is 5.99. The van der Waals surface area contributed by atoms with Gasteiger partial charge in [-0.2, -0.15) is 0 Å². The van der Waals surface area contributed by atoms with Gasteiger partial charge in [0, 0.05) is 23.5 Å². The smallest absolute Gasteiger partial charge is 0.332 e. The zero-order valence-electron chi connectivity index (χ0n) is 10.4. The number of aliphatic carboxylic acids is 1. The van der Waals surface area contributed by atoms with Gasteiger partial charge in [-0.1, -0.05) is 6.07 Å². The molecule has 6 heteroatoms. The summed E-state index contributed by atoms with van der Waals surface area (Å²) in [6.45, 7) is 2.10. The fourth-order valence-electron chi connectivity index (χ4n) is 1.82. The number of ether oxygens (including phenoxy) is 1. The lowest BCUT2D eigenvalue weighted by molar-refractivity contribution is -0.138. The Balaban J connectivity index is 2.04. The van der Waals surface area contributed by atoms with Crippen LogP contribution in [-0.2, 0) is 14.3 Å². The van der Waals surface area contributed by atoms with E-state index in [-0.39, 0.29) is 17.9 Å². The van der Waals surface area contributed by atoms with Crippen LogP contribution in [0.3, 0.4) is 0 Å². The summed E-state index contributed by atoms with van der Waals surface area (Å²) in [5.74, 6) is -1.21. The van der Waals surface area contributed by atoms with Crippen LogP contribution in [0.1, 0.15) is 11.3 Å². The first kappa shape index (κ1) is 13.8. The highest BCUT2D eigenvalue weighted by Crippen LogP contribution is 2.16. The summed E-state index contributed by atoms with van der Waals surface area (Å²) in [4.78, 5) is 25.7. The van der Waals surface area contributed by atoms with Crippen LogP contribution in [0.2, 0.25) is 0 Å². The van der Waals surface area contributed by atoms with Crippen molar-refractivity contribution in [3.05, 3.63) is 28.0 Å². The molecule has 2 rings (SSSR count). The molecule has 1 aromatic heterocycles. The van der Waals surface area contributed by atoms with Crippen molar-refractivity contribution in [2.24, 2.45) is 0 Å². The van der Waals surface area contributed by atoms with Gasteiger partial charge in [-0.3, -0.25) is 4.79 Å². The molecule has 1 aliphatic rings. The number of carbonyl (C=O) groups is 2.